The lowest BCUT2D eigenvalue weighted by atomic mass is 10.1. The standard InChI is InChI=1S/C10H7ClFNO3/c11-5-3-1-2-4(6(5)12)9-7(14)8(15)10(13)16-9/h1-3,9,15H,13H2. The first-order valence-corrected chi connectivity index (χ1v) is 4.73. The Labute approximate surface area is 95.1 Å². The van der Waals surface area contributed by atoms with E-state index in [-0.39, 0.29) is 10.6 Å². The molecule has 0 spiro atoms. The number of rotatable bonds is 1. The normalized spacial score (nSPS) is 20.1. The number of aliphatic hydroxyl groups is 1. The molecule has 0 aliphatic carbocycles. The molecule has 0 bridgehead atoms. The highest BCUT2D eigenvalue weighted by Crippen LogP contribution is 2.33. The Kier molecular flexibility index (Phi) is 2.47. The molecule has 1 aromatic rings. The van der Waals surface area contributed by atoms with Gasteiger partial charge >= 0.3 is 0 Å². The second-order valence-corrected chi connectivity index (χ2v) is 3.63. The molecule has 2 rings (SSSR count). The van der Waals surface area contributed by atoms with Gasteiger partial charge in [-0.15, -0.1) is 0 Å². The summed E-state index contributed by atoms with van der Waals surface area (Å²) in [4.78, 5) is 11.5. The van der Waals surface area contributed by atoms with Crippen LogP contribution in [0.2, 0.25) is 5.02 Å². The van der Waals surface area contributed by atoms with Crippen LogP contribution in [-0.4, -0.2) is 10.9 Å². The molecule has 1 aliphatic heterocycles. The van der Waals surface area contributed by atoms with Crippen molar-refractivity contribution in [2.24, 2.45) is 5.73 Å². The first-order chi connectivity index (χ1) is 7.52. The molecular weight excluding hydrogens is 237 g/mol. The second-order valence-electron chi connectivity index (χ2n) is 3.22. The summed E-state index contributed by atoms with van der Waals surface area (Å²) in [6, 6.07) is 4.16. The third-order valence-corrected chi connectivity index (χ3v) is 2.51. The van der Waals surface area contributed by atoms with Gasteiger partial charge in [-0.1, -0.05) is 23.7 Å². The highest BCUT2D eigenvalue weighted by Gasteiger charge is 2.37. The maximum absolute atomic E-state index is 13.6. The Hall–Kier alpha value is -1.75. The molecule has 0 aromatic heterocycles. The predicted molar refractivity (Wildman–Crippen MR) is 54.1 cm³/mol. The van der Waals surface area contributed by atoms with Gasteiger partial charge in [-0.3, -0.25) is 4.79 Å². The van der Waals surface area contributed by atoms with Crippen molar-refractivity contribution in [3.05, 3.63) is 46.2 Å². The van der Waals surface area contributed by atoms with Crippen molar-refractivity contribution in [1.29, 1.82) is 0 Å². The second kappa shape index (κ2) is 3.68. The lowest BCUT2D eigenvalue weighted by molar-refractivity contribution is -0.123. The van der Waals surface area contributed by atoms with Crippen LogP contribution in [0.25, 0.3) is 0 Å². The van der Waals surface area contributed by atoms with Gasteiger partial charge in [0.15, 0.2) is 6.10 Å². The molecule has 0 saturated heterocycles. The van der Waals surface area contributed by atoms with E-state index in [1.54, 1.807) is 0 Å². The summed E-state index contributed by atoms with van der Waals surface area (Å²) in [7, 11) is 0. The van der Waals surface area contributed by atoms with Crippen LogP contribution < -0.4 is 5.73 Å². The monoisotopic (exact) mass is 243 g/mol. The SMILES string of the molecule is NC1=C(O)C(=O)C(c2cccc(Cl)c2F)O1. The molecular formula is C10H7ClFNO3. The van der Waals surface area contributed by atoms with E-state index in [9.17, 15) is 14.3 Å². The van der Waals surface area contributed by atoms with Crippen LogP contribution in [0, 0.1) is 5.82 Å². The Bertz CT molecular complexity index is 501. The third-order valence-electron chi connectivity index (χ3n) is 2.21. The van der Waals surface area contributed by atoms with Crippen molar-refractivity contribution >= 4 is 17.4 Å². The first-order valence-electron chi connectivity index (χ1n) is 4.36. The van der Waals surface area contributed by atoms with Crippen molar-refractivity contribution in [3.63, 3.8) is 0 Å². The molecule has 1 heterocycles. The average Bonchev–Trinajstić information content (AvgIpc) is 2.50. The van der Waals surface area contributed by atoms with Crippen molar-refractivity contribution in [2.45, 2.75) is 6.10 Å². The number of ketones is 1. The zero-order chi connectivity index (χ0) is 11.9. The van der Waals surface area contributed by atoms with Crippen LogP contribution in [-0.2, 0) is 9.53 Å². The molecule has 1 atom stereocenters. The first kappa shape index (κ1) is 10.8. The number of hydrogen-bond donors (Lipinski definition) is 2. The van der Waals surface area contributed by atoms with E-state index in [1.165, 1.54) is 18.2 Å². The molecule has 84 valence electrons. The van der Waals surface area contributed by atoms with E-state index in [0.29, 0.717) is 0 Å². The molecule has 6 heteroatoms. The molecule has 1 aliphatic rings. The van der Waals surface area contributed by atoms with Gasteiger partial charge in [-0.25, -0.2) is 4.39 Å². The van der Waals surface area contributed by atoms with E-state index >= 15 is 0 Å². The number of halogens is 2. The van der Waals surface area contributed by atoms with Crippen molar-refractivity contribution in [2.75, 3.05) is 0 Å². The number of aliphatic hydroxyl groups excluding tert-OH is 1. The molecule has 4 nitrogen and oxygen atoms in total. The van der Waals surface area contributed by atoms with Gasteiger partial charge in [0.1, 0.15) is 5.82 Å². The number of carbonyl (C=O) groups excluding carboxylic acids is 1. The molecule has 0 amide bonds. The quantitative estimate of drug-likeness (QED) is 0.789. The van der Waals surface area contributed by atoms with E-state index in [1.807, 2.05) is 0 Å². The Balaban J connectivity index is 2.42. The molecule has 3 N–H and O–H groups in total. The number of carbonyl (C=O) groups is 1. The number of Topliss-reactive ketones (excluding diaryl/α,β-unsaturated/α-hetero) is 1. The summed E-state index contributed by atoms with van der Waals surface area (Å²) in [5.74, 6) is -2.64. The van der Waals surface area contributed by atoms with E-state index in [4.69, 9.17) is 22.1 Å². The predicted octanol–water partition coefficient (Wildman–Crippen LogP) is 1.81. The van der Waals surface area contributed by atoms with Gasteiger partial charge in [-0.05, 0) is 6.07 Å². The minimum Gasteiger partial charge on any atom is -0.501 e. The van der Waals surface area contributed by atoms with Crippen LogP contribution in [0.3, 0.4) is 0 Å². The van der Waals surface area contributed by atoms with Gasteiger partial charge in [-0.2, -0.15) is 0 Å². The van der Waals surface area contributed by atoms with Crippen LogP contribution in [0.15, 0.2) is 29.8 Å². The average molecular weight is 244 g/mol. The molecule has 16 heavy (non-hydrogen) atoms. The maximum Gasteiger partial charge on any atom is 0.247 e. The highest BCUT2D eigenvalue weighted by molar-refractivity contribution is 6.30. The number of benzene rings is 1. The minimum absolute atomic E-state index is 0.0514. The van der Waals surface area contributed by atoms with Crippen molar-refractivity contribution in [1.82, 2.24) is 0 Å². The Morgan fingerprint density at radius 3 is 2.75 bits per heavy atom. The van der Waals surface area contributed by atoms with E-state index in [0.717, 1.165) is 0 Å². The van der Waals surface area contributed by atoms with E-state index in [2.05, 4.69) is 0 Å². The van der Waals surface area contributed by atoms with Gasteiger partial charge in [0.25, 0.3) is 0 Å². The molecule has 0 saturated carbocycles. The van der Waals surface area contributed by atoms with Crippen molar-refractivity contribution in [3.8, 4) is 0 Å². The fourth-order valence-corrected chi connectivity index (χ4v) is 1.59. The van der Waals surface area contributed by atoms with Gasteiger partial charge in [0, 0.05) is 5.56 Å². The summed E-state index contributed by atoms with van der Waals surface area (Å²) < 4.78 is 18.4. The third kappa shape index (κ3) is 1.49. The summed E-state index contributed by atoms with van der Waals surface area (Å²) in [5.41, 5.74) is 5.16. The summed E-state index contributed by atoms with van der Waals surface area (Å²) in [5, 5.41) is 9.06. The maximum atomic E-state index is 13.6. The molecule has 1 unspecified atom stereocenters. The highest BCUT2D eigenvalue weighted by atomic mass is 35.5. The van der Waals surface area contributed by atoms with E-state index < -0.39 is 29.3 Å². The zero-order valence-corrected chi connectivity index (χ0v) is 8.66. The molecule has 1 aromatic carbocycles. The number of hydrogen-bond acceptors (Lipinski definition) is 4. The minimum atomic E-state index is -1.27. The summed E-state index contributed by atoms with van der Waals surface area (Å²) >= 11 is 5.56. The van der Waals surface area contributed by atoms with Gasteiger partial charge < -0.3 is 15.6 Å². The van der Waals surface area contributed by atoms with Gasteiger partial charge in [0.2, 0.25) is 17.4 Å². The van der Waals surface area contributed by atoms with Gasteiger partial charge in [0.05, 0.1) is 5.02 Å². The van der Waals surface area contributed by atoms with Crippen LogP contribution in [0.4, 0.5) is 4.39 Å². The largest absolute Gasteiger partial charge is 0.501 e. The Morgan fingerprint density at radius 2 is 2.19 bits per heavy atom. The van der Waals surface area contributed by atoms with Crippen LogP contribution in [0.5, 0.6) is 0 Å². The zero-order valence-electron chi connectivity index (χ0n) is 7.91. The number of nitrogens with two attached hydrogens (primary N) is 1. The molecule has 0 radical (unpaired) electrons. The number of ether oxygens (including phenoxy) is 1. The lowest BCUT2D eigenvalue weighted by Gasteiger charge is -2.11. The lowest BCUT2D eigenvalue weighted by Crippen LogP contribution is -2.11. The Morgan fingerprint density at radius 1 is 1.50 bits per heavy atom. The molecule has 0 fully saturated rings. The van der Waals surface area contributed by atoms with Crippen LogP contribution >= 0.6 is 11.6 Å². The fraction of sp³-hybridized carbons (Fsp3) is 0.100. The topological polar surface area (TPSA) is 72.5 Å². The summed E-state index contributed by atoms with van der Waals surface area (Å²) in [6.07, 6.45) is -1.27. The summed E-state index contributed by atoms with van der Waals surface area (Å²) in [6.45, 7) is 0. The fourth-order valence-electron chi connectivity index (χ4n) is 1.41. The van der Waals surface area contributed by atoms with Crippen molar-refractivity contribution < 1.29 is 19.0 Å². The van der Waals surface area contributed by atoms with Crippen LogP contribution in [0.1, 0.15) is 11.7 Å². The smallest absolute Gasteiger partial charge is 0.247 e.